The van der Waals surface area contributed by atoms with E-state index in [4.69, 9.17) is 4.74 Å². The highest BCUT2D eigenvalue weighted by molar-refractivity contribution is 14.0. The predicted molar refractivity (Wildman–Crippen MR) is 113 cm³/mol. The minimum absolute atomic E-state index is 0. The summed E-state index contributed by atoms with van der Waals surface area (Å²) in [6.45, 7) is 5.70. The van der Waals surface area contributed by atoms with Crippen LogP contribution in [0.25, 0.3) is 0 Å². The van der Waals surface area contributed by atoms with Gasteiger partial charge in [0, 0.05) is 33.7 Å². The number of benzene rings is 1. The summed E-state index contributed by atoms with van der Waals surface area (Å²) in [7, 11) is 0.477. The summed E-state index contributed by atoms with van der Waals surface area (Å²) in [5.41, 5.74) is 1.13. The first kappa shape index (κ1) is 23.9. The Balaban J connectivity index is 0.00000576. The molecule has 0 bridgehead atoms. The molecule has 0 radical (unpaired) electrons. The van der Waals surface area contributed by atoms with Crippen LogP contribution < -0.4 is 14.8 Å². The van der Waals surface area contributed by atoms with Crippen molar-refractivity contribution in [1.82, 2.24) is 14.9 Å². The number of halogens is 1. The number of rotatable bonds is 9. The van der Waals surface area contributed by atoms with Crippen molar-refractivity contribution in [3.63, 3.8) is 0 Å². The van der Waals surface area contributed by atoms with E-state index in [-0.39, 0.29) is 29.7 Å². The fourth-order valence-corrected chi connectivity index (χ4v) is 2.69. The fraction of sp³-hybridized carbons (Fsp3) is 0.562. The van der Waals surface area contributed by atoms with Gasteiger partial charge in [-0.05, 0) is 31.5 Å². The Morgan fingerprint density at radius 1 is 1.20 bits per heavy atom. The zero-order chi connectivity index (χ0) is 18.0. The number of sulfonamides is 1. The molecule has 0 spiro atoms. The molecular weight excluding hydrogens is 455 g/mol. The first-order chi connectivity index (χ1) is 11.4. The van der Waals surface area contributed by atoms with E-state index < -0.39 is 10.0 Å². The summed E-state index contributed by atoms with van der Waals surface area (Å²) in [6, 6.07) is 7.93. The quantitative estimate of drug-likeness (QED) is 0.241. The van der Waals surface area contributed by atoms with Gasteiger partial charge < -0.3 is 15.0 Å². The van der Waals surface area contributed by atoms with Crippen LogP contribution in [-0.4, -0.2) is 58.8 Å². The zero-order valence-electron chi connectivity index (χ0n) is 15.3. The lowest BCUT2D eigenvalue weighted by Gasteiger charge is -2.22. The van der Waals surface area contributed by atoms with Crippen molar-refractivity contribution in [2.45, 2.75) is 20.4 Å². The van der Waals surface area contributed by atoms with E-state index in [1.165, 1.54) is 0 Å². The average Bonchev–Trinajstić information content (AvgIpc) is 2.57. The van der Waals surface area contributed by atoms with E-state index in [1.54, 1.807) is 14.0 Å². The van der Waals surface area contributed by atoms with Gasteiger partial charge in [0.05, 0.1) is 12.4 Å². The molecule has 1 rings (SSSR count). The molecule has 0 atom stereocenters. The summed E-state index contributed by atoms with van der Waals surface area (Å²) >= 11 is 0. The Morgan fingerprint density at radius 2 is 1.84 bits per heavy atom. The molecule has 2 N–H and O–H groups in total. The van der Waals surface area contributed by atoms with Crippen LogP contribution in [0.3, 0.4) is 0 Å². The van der Waals surface area contributed by atoms with Crippen molar-refractivity contribution < 1.29 is 13.2 Å². The van der Waals surface area contributed by atoms with Gasteiger partial charge in [0.1, 0.15) is 5.75 Å². The van der Waals surface area contributed by atoms with E-state index in [2.05, 4.69) is 15.0 Å². The molecule has 0 aromatic heterocycles. The summed E-state index contributed by atoms with van der Waals surface area (Å²) < 4.78 is 30.7. The van der Waals surface area contributed by atoms with Gasteiger partial charge in [-0.15, -0.1) is 24.0 Å². The summed E-state index contributed by atoms with van der Waals surface area (Å²) in [4.78, 5) is 6.19. The number of nitrogens with zero attached hydrogens (tertiary/aromatic N) is 2. The van der Waals surface area contributed by atoms with Crippen molar-refractivity contribution in [2.24, 2.45) is 4.99 Å². The Bertz CT molecular complexity index is 621. The van der Waals surface area contributed by atoms with Gasteiger partial charge in [0.15, 0.2) is 5.96 Å². The summed E-state index contributed by atoms with van der Waals surface area (Å²) in [5, 5.41) is 3.14. The highest BCUT2D eigenvalue weighted by Crippen LogP contribution is 2.13. The standard InChI is InChI=1S/C16H28N4O3S.HI/c1-5-23-15-9-7-14(8-10-15)13-20(4)16(17-3)18-11-12-19-24(21,22)6-2;/h7-10,19H,5-6,11-13H2,1-4H3,(H,17,18);1H. The molecule has 1 aromatic carbocycles. The van der Waals surface area contributed by atoms with Crippen molar-refractivity contribution >= 4 is 40.0 Å². The second-order valence-electron chi connectivity index (χ2n) is 5.20. The molecule has 0 fully saturated rings. The van der Waals surface area contributed by atoms with E-state index in [1.807, 2.05) is 43.1 Å². The second-order valence-corrected chi connectivity index (χ2v) is 7.30. The van der Waals surface area contributed by atoms with E-state index in [0.29, 0.717) is 32.2 Å². The SMILES string of the molecule is CCOc1ccc(CN(C)C(=NC)NCCNS(=O)(=O)CC)cc1.I. The van der Waals surface area contributed by atoms with E-state index in [0.717, 1.165) is 11.3 Å². The average molecular weight is 484 g/mol. The third kappa shape index (κ3) is 9.26. The smallest absolute Gasteiger partial charge is 0.211 e. The molecule has 0 unspecified atom stereocenters. The maximum absolute atomic E-state index is 11.4. The maximum Gasteiger partial charge on any atom is 0.211 e. The monoisotopic (exact) mass is 484 g/mol. The summed E-state index contributed by atoms with van der Waals surface area (Å²) in [5.74, 6) is 1.65. The minimum Gasteiger partial charge on any atom is -0.494 e. The largest absolute Gasteiger partial charge is 0.494 e. The molecule has 25 heavy (non-hydrogen) atoms. The van der Waals surface area contributed by atoms with Crippen molar-refractivity contribution in [1.29, 1.82) is 0 Å². The van der Waals surface area contributed by atoms with Crippen LogP contribution in [0.5, 0.6) is 5.75 Å². The molecule has 0 aliphatic rings. The zero-order valence-corrected chi connectivity index (χ0v) is 18.4. The number of guanidine groups is 1. The minimum atomic E-state index is -3.16. The maximum atomic E-state index is 11.4. The molecule has 0 aliphatic heterocycles. The molecular formula is C16H29IN4O3S. The number of hydrogen-bond acceptors (Lipinski definition) is 4. The van der Waals surface area contributed by atoms with Gasteiger partial charge in [-0.1, -0.05) is 12.1 Å². The molecule has 0 aliphatic carbocycles. The van der Waals surface area contributed by atoms with Crippen LogP contribution in [0.2, 0.25) is 0 Å². The van der Waals surface area contributed by atoms with Gasteiger partial charge >= 0.3 is 0 Å². The lowest BCUT2D eigenvalue weighted by Crippen LogP contribution is -2.42. The van der Waals surface area contributed by atoms with Crippen LogP contribution in [0.4, 0.5) is 0 Å². The van der Waals surface area contributed by atoms with Gasteiger partial charge in [0.2, 0.25) is 10.0 Å². The normalized spacial score (nSPS) is 11.6. The number of hydrogen-bond donors (Lipinski definition) is 2. The number of ether oxygens (including phenoxy) is 1. The van der Waals surface area contributed by atoms with Gasteiger partial charge in [0.25, 0.3) is 0 Å². The van der Waals surface area contributed by atoms with Crippen LogP contribution in [0.15, 0.2) is 29.3 Å². The lowest BCUT2D eigenvalue weighted by atomic mass is 10.2. The molecule has 7 nitrogen and oxygen atoms in total. The molecule has 9 heteroatoms. The van der Waals surface area contributed by atoms with Crippen LogP contribution >= 0.6 is 24.0 Å². The molecule has 0 amide bonds. The Labute approximate surface area is 168 Å². The molecule has 144 valence electrons. The van der Waals surface area contributed by atoms with E-state index >= 15 is 0 Å². The van der Waals surface area contributed by atoms with Crippen molar-refractivity contribution in [3.05, 3.63) is 29.8 Å². The molecule has 0 saturated heterocycles. The van der Waals surface area contributed by atoms with Crippen LogP contribution in [-0.2, 0) is 16.6 Å². The first-order valence-electron chi connectivity index (χ1n) is 8.02. The van der Waals surface area contributed by atoms with Crippen molar-refractivity contribution in [3.8, 4) is 5.75 Å². The third-order valence-electron chi connectivity index (χ3n) is 3.34. The topological polar surface area (TPSA) is 83.0 Å². The first-order valence-corrected chi connectivity index (χ1v) is 9.68. The van der Waals surface area contributed by atoms with Crippen LogP contribution in [0, 0.1) is 0 Å². The molecule has 0 heterocycles. The third-order valence-corrected chi connectivity index (χ3v) is 4.74. The lowest BCUT2D eigenvalue weighted by molar-refractivity contribution is 0.340. The number of aliphatic imine (C=N–C) groups is 1. The second kappa shape index (κ2) is 12.3. The molecule has 0 saturated carbocycles. The van der Waals surface area contributed by atoms with Crippen molar-refractivity contribution in [2.75, 3.05) is 39.5 Å². The van der Waals surface area contributed by atoms with Gasteiger partial charge in [-0.3, -0.25) is 4.99 Å². The molecule has 1 aromatic rings. The Hall–Kier alpha value is -1.07. The Morgan fingerprint density at radius 3 is 2.36 bits per heavy atom. The predicted octanol–water partition coefficient (Wildman–Crippen LogP) is 1.65. The van der Waals surface area contributed by atoms with E-state index in [9.17, 15) is 8.42 Å². The van der Waals surface area contributed by atoms with Gasteiger partial charge in [-0.25, -0.2) is 13.1 Å². The van der Waals surface area contributed by atoms with Gasteiger partial charge in [-0.2, -0.15) is 0 Å². The fourth-order valence-electron chi connectivity index (χ4n) is 2.07. The summed E-state index contributed by atoms with van der Waals surface area (Å²) in [6.07, 6.45) is 0. The van der Waals surface area contributed by atoms with Crippen LogP contribution in [0.1, 0.15) is 19.4 Å². The number of nitrogens with one attached hydrogen (secondary N) is 2. The Kier molecular flexibility index (Phi) is 11.8. The highest BCUT2D eigenvalue weighted by Gasteiger charge is 2.08. The highest BCUT2D eigenvalue weighted by atomic mass is 127.